The second-order valence-electron chi connectivity index (χ2n) is 14.8. The fourth-order valence-corrected chi connectivity index (χ4v) is 6.81. The minimum absolute atomic E-state index is 0.169. The number of allylic oxidation sites excluding steroid dienone is 11. The van der Waals surface area contributed by atoms with Crippen LogP contribution in [0.15, 0.2) is 72.9 Å². The van der Waals surface area contributed by atoms with Crippen molar-refractivity contribution in [2.45, 2.75) is 179 Å². The molecule has 0 aromatic carbocycles. The molecule has 0 saturated carbocycles. The van der Waals surface area contributed by atoms with Gasteiger partial charge in [0, 0.05) is 12.5 Å². The molecule has 1 rings (SSSR count). The Labute approximate surface area is 348 Å². The smallest absolute Gasteiger partial charge is 0.331 e. The molecule has 0 radical (unpaired) electrons. The number of carbonyl (C=O) groups is 2. The summed E-state index contributed by atoms with van der Waals surface area (Å²) < 4.78 is 53.8. The first-order valence-electron chi connectivity index (χ1n) is 21.6. The van der Waals surface area contributed by atoms with Crippen LogP contribution < -0.4 is 0 Å². The molecular weight excluding hydrogens is 765 g/mol. The van der Waals surface area contributed by atoms with E-state index in [1.54, 1.807) is 12.2 Å². The van der Waals surface area contributed by atoms with E-state index in [4.69, 9.17) is 18.9 Å². The summed E-state index contributed by atoms with van der Waals surface area (Å²) in [7, 11) is -4.62. The summed E-state index contributed by atoms with van der Waals surface area (Å²) in [6.45, 7) is 3.48. The minimum atomic E-state index is -4.62. The van der Waals surface area contributed by atoms with E-state index in [2.05, 4.69) is 26.0 Å². The van der Waals surface area contributed by atoms with Crippen molar-refractivity contribution >= 4 is 22.1 Å². The molecule has 58 heavy (non-hydrogen) atoms. The van der Waals surface area contributed by atoms with E-state index >= 15 is 0 Å². The van der Waals surface area contributed by atoms with Crippen molar-refractivity contribution in [2.75, 3.05) is 19.0 Å². The highest BCUT2D eigenvalue weighted by atomic mass is 32.2. The molecule has 0 aromatic heterocycles. The van der Waals surface area contributed by atoms with E-state index in [1.807, 2.05) is 42.5 Å². The molecule has 0 spiro atoms. The van der Waals surface area contributed by atoms with Crippen LogP contribution in [0.25, 0.3) is 0 Å². The van der Waals surface area contributed by atoms with Crippen LogP contribution in [-0.2, 0) is 38.7 Å². The van der Waals surface area contributed by atoms with E-state index < -0.39 is 71.2 Å². The maximum Gasteiger partial charge on any atom is 0.331 e. The molecule has 0 amide bonds. The number of hydrogen-bond acceptors (Lipinski definition) is 11. The number of unbranched alkanes of at least 4 members (excludes halogenated alkanes) is 16. The summed E-state index contributed by atoms with van der Waals surface area (Å²) in [6, 6.07) is 0. The lowest BCUT2D eigenvalue weighted by molar-refractivity contribution is -0.297. The van der Waals surface area contributed by atoms with Crippen LogP contribution in [0.5, 0.6) is 0 Å². The van der Waals surface area contributed by atoms with E-state index in [0.717, 1.165) is 57.8 Å². The third kappa shape index (κ3) is 29.3. The molecule has 1 aliphatic rings. The predicted molar refractivity (Wildman–Crippen MR) is 228 cm³/mol. The van der Waals surface area contributed by atoms with Crippen LogP contribution in [0.3, 0.4) is 0 Å². The van der Waals surface area contributed by atoms with Gasteiger partial charge in [-0.2, -0.15) is 8.42 Å². The Hall–Kier alpha value is -2.91. The van der Waals surface area contributed by atoms with Crippen LogP contribution in [-0.4, -0.2) is 96.0 Å². The van der Waals surface area contributed by atoms with Gasteiger partial charge >= 0.3 is 11.9 Å². The molecule has 332 valence electrons. The number of aliphatic hydroxyl groups is 3. The zero-order chi connectivity index (χ0) is 42.7. The molecule has 6 atom stereocenters. The molecular formula is C45H74O12S. The zero-order valence-corrected chi connectivity index (χ0v) is 35.9. The third-order valence-electron chi connectivity index (χ3n) is 9.47. The third-order valence-corrected chi connectivity index (χ3v) is 10.2. The summed E-state index contributed by atoms with van der Waals surface area (Å²) in [6.07, 6.45) is 34.4. The van der Waals surface area contributed by atoms with Crippen LogP contribution in [0.4, 0.5) is 0 Å². The maximum atomic E-state index is 12.7. The standard InChI is InChI=1S/C45H74O12S/c1-3-5-7-9-11-13-15-17-19-21-23-25-27-29-31-33-40(46)54-35-38(36-55-45-44(50)43(49)42(48)39(57-45)37-58(51,52)53)56-41(47)34-32-30-28-26-24-22-20-18-16-14-12-10-8-6-4-2/h5,7,9,11,13,15,17,19,28,30,32,34,38-39,42-45,48-50H,3-4,6,8,10,12,14,16,18,20-27,29,31,33,35-37H2,1-2H3,(H,51,52,53)/b7-5+,11-9+,15-13+,19-17+,30-28+,34-32+/t38-,39-,42-,43?,44?,45+/m1/s1. The van der Waals surface area contributed by atoms with E-state index in [1.165, 1.54) is 63.9 Å². The molecule has 1 fully saturated rings. The van der Waals surface area contributed by atoms with E-state index in [9.17, 15) is 37.9 Å². The Kier molecular flexibility index (Phi) is 32.0. The number of ether oxygens (including phenoxy) is 4. The normalized spacial score (nSPS) is 21.1. The highest BCUT2D eigenvalue weighted by Crippen LogP contribution is 2.24. The van der Waals surface area contributed by atoms with E-state index in [-0.39, 0.29) is 13.0 Å². The highest BCUT2D eigenvalue weighted by Gasteiger charge is 2.46. The molecule has 13 heteroatoms. The Balaban J connectivity index is 2.55. The molecule has 0 aliphatic carbocycles. The quantitative estimate of drug-likeness (QED) is 0.0160. The molecule has 1 heterocycles. The topological polar surface area (TPSA) is 186 Å². The highest BCUT2D eigenvalue weighted by molar-refractivity contribution is 7.85. The first-order valence-corrected chi connectivity index (χ1v) is 23.2. The Morgan fingerprint density at radius 2 is 1.16 bits per heavy atom. The van der Waals surface area contributed by atoms with Crippen molar-refractivity contribution in [1.29, 1.82) is 0 Å². The predicted octanol–water partition coefficient (Wildman–Crippen LogP) is 8.33. The Morgan fingerprint density at radius 3 is 1.72 bits per heavy atom. The molecule has 0 bridgehead atoms. The maximum absolute atomic E-state index is 12.7. The van der Waals surface area contributed by atoms with Gasteiger partial charge in [0.2, 0.25) is 0 Å². The van der Waals surface area contributed by atoms with Gasteiger partial charge < -0.3 is 34.3 Å². The number of aliphatic hydroxyl groups excluding tert-OH is 3. The van der Waals surface area contributed by atoms with Gasteiger partial charge in [0.25, 0.3) is 10.1 Å². The Bertz CT molecular complexity index is 1350. The first kappa shape index (κ1) is 53.1. The molecule has 4 N–H and O–H groups in total. The van der Waals surface area contributed by atoms with E-state index in [0.29, 0.717) is 6.42 Å². The van der Waals surface area contributed by atoms with Crippen molar-refractivity contribution in [1.82, 2.24) is 0 Å². The molecule has 1 aliphatic heterocycles. The number of hydrogen-bond donors (Lipinski definition) is 4. The number of esters is 2. The fourth-order valence-electron chi connectivity index (χ4n) is 6.12. The summed E-state index contributed by atoms with van der Waals surface area (Å²) in [5.41, 5.74) is 0. The molecule has 2 unspecified atom stereocenters. The monoisotopic (exact) mass is 838 g/mol. The Morgan fingerprint density at radius 1 is 0.638 bits per heavy atom. The second kappa shape index (κ2) is 34.9. The van der Waals surface area contributed by atoms with Crippen LogP contribution in [0.2, 0.25) is 0 Å². The molecule has 12 nitrogen and oxygen atoms in total. The lowest BCUT2D eigenvalue weighted by Gasteiger charge is -2.40. The van der Waals surface area contributed by atoms with Gasteiger partial charge in [0.05, 0.1) is 6.61 Å². The van der Waals surface area contributed by atoms with Crippen LogP contribution in [0.1, 0.15) is 142 Å². The molecule has 1 saturated heterocycles. The van der Waals surface area contributed by atoms with Gasteiger partial charge in [-0.05, 0) is 38.5 Å². The molecule has 0 aromatic rings. The number of rotatable bonds is 34. The summed E-state index contributed by atoms with van der Waals surface area (Å²) in [5, 5.41) is 30.8. The summed E-state index contributed by atoms with van der Waals surface area (Å²) in [4.78, 5) is 25.2. The largest absolute Gasteiger partial charge is 0.462 e. The zero-order valence-electron chi connectivity index (χ0n) is 35.1. The first-order chi connectivity index (χ1) is 28.0. The van der Waals surface area contributed by atoms with Gasteiger partial charge in [-0.25, -0.2) is 4.79 Å². The van der Waals surface area contributed by atoms with Crippen LogP contribution in [0, 0.1) is 0 Å². The average Bonchev–Trinajstić information content (AvgIpc) is 3.18. The summed E-state index contributed by atoms with van der Waals surface area (Å²) in [5.74, 6) is -2.29. The lowest BCUT2D eigenvalue weighted by atomic mass is 10.00. The van der Waals surface area contributed by atoms with Crippen molar-refractivity contribution in [3.63, 3.8) is 0 Å². The SMILES string of the molecule is CC/C=C/C=C/C=C/C=C/CCCCCCCC(=O)OC[C@H](CO[C@H]1O[C@H](CS(=O)(=O)O)[C@@H](O)C(O)C1O)OC(=O)/C=C/C=C/CCCCCCCCCCCCC. The fraction of sp³-hybridized carbons (Fsp3) is 0.689. The van der Waals surface area contributed by atoms with Gasteiger partial charge in [-0.15, -0.1) is 0 Å². The summed E-state index contributed by atoms with van der Waals surface area (Å²) >= 11 is 0. The van der Waals surface area contributed by atoms with Crippen LogP contribution >= 0.6 is 0 Å². The number of carbonyl (C=O) groups excluding carboxylic acids is 2. The minimum Gasteiger partial charge on any atom is -0.462 e. The second-order valence-corrected chi connectivity index (χ2v) is 16.3. The van der Waals surface area contributed by atoms with Gasteiger partial charge in [0.1, 0.15) is 36.8 Å². The van der Waals surface area contributed by atoms with Crippen molar-refractivity contribution in [3.8, 4) is 0 Å². The average molecular weight is 839 g/mol. The van der Waals surface area contributed by atoms with Gasteiger partial charge in [-0.3, -0.25) is 9.35 Å². The van der Waals surface area contributed by atoms with Gasteiger partial charge in [-0.1, -0.05) is 164 Å². The lowest BCUT2D eigenvalue weighted by Crippen LogP contribution is -2.60. The van der Waals surface area contributed by atoms with Crippen molar-refractivity contribution in [2.24, 2.45) is 0 Å². The van der Waals surface area contributed by atoms with Crippen molar-refractivity contribution in [3.05, 3.63) is 72.9 Å². The van der Waals surface area contributed by atoms with Gasteiger partial charge in [0.15, 0.2) is 12.4 Å². The van der Waals surface area contributed by atoms with Crippen molar-refractivity contribution < 1.29 is 56.8 Å².